The molecule has 0 bridgehead atoms. The van der Waals surface area contributed by atoms with Crippen LogP contribution < -0.4 is 9.94 Å². The Labute approximate surface area is 178 Å². The normalized spacial score (nSPS) is 12.0. The van der Waals surface area contributed by atoms with Crippen LogP contribution in [0, 0.1) is 0 Å². The lowest BCUT2D eigenvalue weighted by Gasteiger charge is -2.10. The summed E-state index contributed by atoms with van der Waals surface area (Å²) in [4.78, 5) is 5.48. The van der Waals surface area contributed by atoms with Gasteiger partial charge in [-0.05, 0) is 30.7 Å². The predicted octanol–water partition coefficient (Wildman–Crippen LogP) is 4.74. The first kappa shape index (κ1) is 21.8. The number of rotatable bonds is 5. The molecule has 1 heterocycles. The number of hydrogen-bond donors (Lipinski definition) is 1. The van der Waals surface area contributed by atoms with Crippen LogP contribution in [-0.2, 0) is 16.6 Å². The molecule has 0 saturated carbocycles. The Balaban J connectivity index is 0.00000261. The van der Waals surface area contributed by atoms with Crippen LogP contribution in [0.25, 0.3) is 11.3 Å². The lowest BCUT2D eigenvalue weighted by Crippen LogP contribution is -2.16. The molecule has 0 fully saturated rings. The van der Waals surface area contributed by atoms with Gasteiger partial charge in [-0.25, -0.2) is 18.5 Å². The van der Waals surface area contributed by atoms with E-state index in [2.05, 4.69) is 11.5 Å². The van der Waals surface area contributed by atoms with Crippen molar-refractivity contribution in [3.05, 3.63) is 63.7 Å². The third-order valence-electron chi connectivity index (χ3n) is 3.76. The number of thiazole rings is 1. The molecule has 0 aliphatic rings. The van der Waals surface area contributed by atoms with Gasteiger partial charge in [0.2, 0.25) is 10.0 Å². The fourth-order valence-electron chi connectivity index (χ4n) is 2.58. The molecule has 0 atom stereocenters. The number of aromatic nitrogens is 1. The molecular formula is C18H19BrClN3O2S2. The summed E-state index contributed by atoms with van der Waals surface area (Å²) in [5, 5.41) is 7.35. The minimum atomic E-state index is -3.89. The van der Waals surface area contributed by atoms with E-state index >= 15 is 0 Å². The number of primary sulfonamides is 1. The van der Waals surface area contributed by atoms with Gasteiger partial charge < -0.3 is 4.57 Å². The maximum absolute atomic E-state index is 11.8. The summed E-state index contributed by atoms with van der Waals surface area (Å²) in [5.41, 5.74) is 2.48. The van der Waals surface area contributed by atoms with Crippen molar-refractivity contribution in [2.75, 3.05) is 0 Å². The monoisotopic (exact) mass is 487 g/mol. The van der Waals surface area contributed by atoms with Crippen molar-refractivity contribution in [2.24, 2.45) is 10.1 Å². The highest BCUT2D eigenvalue weighted by atomic mass is 79.9. The highest BCUT2D eigenvalue weighted by molar-refractivity contribution is 8.93. The molecule has 144 valence electrons. The average Bonchev–Trinajstić information content (AvgIpc) is 2.98. The second-order valence-electron chi connectivity index (χ2n) is 5.69. The van der Waals surface area contributed by atoms with Crippen LogP contribution in [0.3, 0.4) is 0 Å². The summed E-state index contributed by atoms with van der Waals surface area (Å²) in [6.07, 6.45) is 0.918. The zero-order valence-electron chi connectivity index (χ0n) is 14.5. The van der Waals surface area contributed by atoms with Gasteiger partial charge in [0, 0.05) is 17.5 Å². The van der Waals surface area contributed by atoms with Crippen molar-refractivity contribution in [3.8, 4) is 11.3 Å². The van der Waals surface area contributed by atoms with Crippen molar-refractivity contribution in [2.45, 2.75) is 24.8 Å². The molecule has 0 saturated heterocycles. The third-order valence-corrected chi connectivity index (χ3v) is 6.02. The number of benzene rings is 2. The quantitative estimate of drug-likeness (QED) is 0.563. The van der Waals surface area contributed by atoms with Gasteiger partial charge >= 0.3 is 0 Å². The molecule has 3 aromatic rings. The lowest BCUT2D eigenvalue weighted by molar-refractivity contribution is 0.598. The largest absolute Gasteiger partial charge is 0.316 e. The van der Waals surface area contributed by atoms with Gasteiger partial charge in [0.1, 0.15) is 4.90 Å². The van der Waals surface area contributed by atoms with Gasteiger partial charge in [-0.3, -0.25) is 0 Å². The molecule has 0 unspecified atom stereocenters. The Kier molecular flexibility index (Phi) is 7.41. The number of nitrogens with zero attached hydrogens (tertiary/aromatic N) is 2. The molecule has 2 aromatic carbocycles. The third kappa shape index (κ3) is 5.08. The number of halogens is 2. The maximum Gasteiger partial charge on any atom is 0.239 e. The van der Waals surface area contributed by atoms with Crippen molar-refractivity contribution in [3.63, 3.8) is 0 Å². The Bertz CT molecular complexity index is 1090. The van der Waals surface area contributed by atoms with Crippen LogP contribution in [0.2, 0.25) is 5.02 Å². The van der Waals surface area contributed by atoms with Crippen molar-refractivity contribution in [1.82, 2.24) is 4.57 Å². The van der Waals surface area contributed by atoms with E-state index in [4.69, 9.17) is 21.7 Å². The van der Waals surface area contributed by atoms with Crippen LogP contribution in [-0.4, -0.2) is 13.0 Å². The average molecular weight is 489 g/mol. The van der Waals surface area contributed by atoms with Crippen molar-refractivity contribution >= 4 is 55.6 Å². The maximum atomic E-state index is 11.8. The van der Waals surface area contributed by atoms with E-state index in [0.29, 0.717) is 0 Å². The molecule has 0 aliphatic heterocycles. The first-order valence-electron chi connectivity index (χ1n) is 8.01. The van der Waals surface area contributed by atoms with Gasteiger partial charge in [0.25, 0.3) is 0 Å². The zero-order valence-corrected chi connectivity index (χ0v) is 18.6. The zero-order chi connectivity index (χ0) is 18.7. The highest BCUT2D eigenvalue weighted by Gasteiger charge is 2.16. The fraction of sp³-hybridized carbons (Fsp3) is 0.167. The smallest absolute Gasteiger partial charge is 0.239 e. The number of para-hydroxylation sites is 1. The summed E-state index contributed by atoms with van der Waals surface area (Å²) in [6, 6.07) is 14.6. The van der Waals surface area contributed by atoms with Crippen LogP contribution in [0.5, 0.6) is 0 Å². The molecule has 1 aromatic heterocycles. The van der Waals surface area contributed by atoms with Crippen molar-refractivity contribution in [1.29, 1.82) is 0 Å². The molecule has 0 radical (unpaired) electrons. The first-order valence-corrected chi connectivity index (χ1v) is 10.8. The first-order chi connectivity index (χ1) is 12.4. The topological polar surface area (TPSA) is 77.5 Å². The minimum Gasteiger partial charge on any atom is -0.316 e. The molecule has 0 amide bonds. The molecule has 5 nitrogen and oxygen atoms in total. The van der Waals surface area contributed by atoms with Gasteiger partial charge in [-0.1, -0.05) is 42.8 Å². The summed E-state index contributed by atoms with van der Waals surface area (Å²) in [5.74, 6) is 0. The number of sulfonamides is 1. The highest BCUT2D eigenvalue weighted by Crippen LogP contribution is 2.28. The number of nitrogens with two attached hydrogens (primary N) is 1. The summed E-state index contributed by atoms with van der Waals surface area (Å²) in [7, 11) is -3.89. The molecule has 0 spiro atoms. The Morgan fingerprint density at radius 1 is 1.19 bits per heavy atom. The van der Waals surface area contributed by atoms with E-state index in [0.717, 1.165) is 34.7 Å². The van der Waals surface area contributed by atoms with Gasteiger partial charge in [0.05, 0.1) is 16.4 Å². The lowest BCUT2D eigenvalue weighted by atomic mass is 10.1. The van der Waals surface area contributed by atoms with E-state index in [-0.39, 0.29) is 26.9 Å². The Morgan fingerprint density at radius 3 is 2.52 bits per heavy atom. The SMILES string of the molecule is Br.CCCn1c(-c2ccc(Cl)c(S(N)(=O)=O)c2)cs/c1=N/c1ccccc1. The Morgan fingerprint density at radius 2 is 1.89 bits per heavy atom. The van der Waals surface area contributed by atoms with Crippen LogP contribution in [0.1, 0.15) is 13.3 Å². The summed E-state index contributed by atoms with van der Waals surface area (Å²) >= 11 is 7.51. The van der Waals surface area contributed by atoms with E-state index in [1.807, 2.05) is 35.7 Å². The standard InChI is InChI=1S/C18H18ClN3O2S2.BrH/c1-2-10-22-16(12-25-18(22)21-14-6-4-3-5-7-14)13-8-9-15(19)17(11-13)26(20,23)24;/h3-9,11-12H,2,10H2,1H3,(H2,20,23,24);1H/b21-18+;. The molecule has 2 N–H and O–H groups in total. The van der Waals surface area contributed by atoms with Crippen LogP contribution >= 0.6 is 39.9 Å². The van der Waals surface area contributed by atoms with Crippen LogP contribution in [0.15, 0.2) is 63.8 Å². The van der Waals surface area contributed by atoms with E-state index < -0.39 is 10.0 Å². The molecule has 27 heavy (non-hydrogen) atoms. The minimum absolute atomic E-state index is 0. The number of hydrogen-bond acceptors (Lipinski definition) is 4. The molecule has 9 heteroatoms. The predicted molar refractivity (Wildman–Crippen MR) is 116 cm³/mol. The molecule has 0 aliphatic carbocycles. The van der Waals surface area contributed by atoms with Crippen molar-refractivity contribution < 1.29 is 8.42 Å². The second kappa shape index (κ2) is 9.16. The Hall–Kier alpha value is -1.45. The molecular weight excluding hydrogens is 470 g/mol. The van der Waals surface area contributed by atoms with E-state index in [9.17, 15) is 8.42 Å². The van der Waals surface area contributed by atoms with E-state index in [1.165, 1.54) is 17.4 Å². The summed E-state index contributed by atoms with van der Waals surface area (Å²) < 4.78 is 25.6. The molecule has 3 rings (SSSR count). The second-order valence-corrected chi connectivity index (χ2v) is 8.47. The summed E-state index contributed by atoms with van der Waals surface area (Å²) in [6.45, 7) is 2.84. The van der Waals surface area contributed by atoms with Gasteiger partial charge in [-0.15, -0.1) is 28.3 Å². The fourth-order valence-corrected chi connectivity index (χ4v) is 4.61. The van der Waals surface area contributed by atoms with E-state index in [1.54, 1.807) is 12.1 Å². The van der Waals surface area contributed by atoms with Crippen LogP contribution in [0.4, 0.5) is 5.69 Å². The van der Waals surface area contributed by atoms with Gasteiger partial charge in [0.15, 0.2) is 4.80 Å². The van der Waals surface area contributed by atoms with Gasteiger partial charge in [-0.2, -0.15) is 0 Å².